The van der Waals surface area contributed by atoms with Crippen molar-refractivity contribution < 1.29 is 14.7 Å². The number of carbonyl (C=O) groups excluding carboxylic acids is 2. The quantitative estimate of drug-likeness (QED) is 0.663. The number of nitrogens with one attached hydrogen (secondary N) is 2. The molecule has 24 heavy (non-hydrogen) atoms. The smallest absolute Gasteiger partial charge is 0.320 e. The molecule has 3 aliphatic rings. The summed E-state index contributed by atoms with van der Waals surface area (Å²) in [7, 11) is 0. The Bertz CT molecular complexity index is 445. The fraction of sp³-hybridized carbons (Fsp3) is 0.875. The Morgan fingerprint density at radius 3 is 2.46 bits per heavy atom. The van der Waals surface area contributed by atoms with Gasteiger partial charge < -0.3 is 25.5 Å². The SMILES string of the molecule is Cl.O=C(NCC1CNCC1O)C1CCCN(C(=O)N2CCCC2)C1. The van der Waals surface area contributed by atoms with E-state index >= 15 is 0 Å². The molecule has 3 fully saturated rings. The molecule has 3 unspecified atom stereocenters. The van der Waals surface area contributed by atoms with Gasteiger partial charge in [-0.1, -0.05) is 0 Å². The van der Waals surface area contributed by atoms with E-state index in [1.54, 1.807) is 0 Å². The first-order chi connectivity index (χ1) is 11.1. The summed E-state index contributed by atoms with van der Waals surface area (Å²) >= 11 is 0. The minimum absolute atomic E-state index is 0. The van der Waals surface area contributed by atoms with Gasteiger partial charge >= 0.3 is 6.03 Å². The summed E-state index contributed by atoms with van der Waals surface area (Å²) in [6.45, 7) is 4.81. The maximum atomic E-state index is 12.5. The van der Waals surface area contributed by atoms with Crippen molar-refractivity contribution in [3.63, 3.8) is 0 Å². The van der Waals surface area contributed by atoms with E-state index < -0.39 is 0 Å². The number of urea groups is 1. The molecule has 138 valence electrons. The molecule has 0 aromatic heterocycles. The molecular weight excluding hydrogens is 332 g/mol. The second-order valence-corrected chi connectivity index (χ2v) is 6.99. The Labute approximate surface area is 149 Å². The number of β-amino-alcohol motifs (C(OH)–C–C–N with tert-alkyl or cyclic N) is 1. The molecule has 3 saturated heterocycles. The van der Waals surface area contributed by atoms with Crippen LogP contribution in [0.15, 0.2) is 0 Å². The van der Waals surface area contributed by atoms with Crippen LogP contribution >= 0.6 is 12.4 Å². The van der Waals surface area contributed by atoms with Crippen LogP contribution < -0.4 is 10.6 Å². The Morgan fingerprint density at radius 2 is 1.79 bits per heavy atom. The maximum absolute atomic E-state index is 12.5. The lowest BCUT2D eigenvalue weighted by molar-refractivity contribution is -0.126. The second-order valence-electron chi connectivity index (χ2n) is 6.99. The van der Waals surface area contributed by atoms with Crippen LogP contribution in [0.1, 0.15) is 25.7 Å². The molecule has 3 rings (SSSR count). The minimum Gasteiger partial charge on any atom is -0.391 e. The first-order valence-corrected chi connectivity index (χ1v) is 8.85. The van der Waals surface area contributed by atoms with Crippen LogP contribution in [-0.2, 0) is 4.79 Å². The monoisotopic (exact) mass is 360 g/mol. The molecule has 0 spiro atoms. The number of likely N-dealkylation sites (tertiary alicyclic amines) is 2. The van der Waals surface area contributed by atoms with Crippen LogP contribution in [0, 0.1) is 11.8 Å². The zero-order chi connectivity index (χ0) is 16.2. The molecule has 3 aliphatic heterocycles. The standard InChI is InChI=1S/C16H28N4O3.ClH/c21-14-10-17-8-13(14)9-18-15(22)12-4-3-7-20(11-12)16(23)19-5-1-2-6-19;/h12-14,17,21H,1-11H2,(H,18,22);1H. The fourth-order valence-electron chi connectivity index (χ4n) is 3.78. The number of aliphatic hydroxyl groups is 1. The van der Waals surface area contributed by atoms with Gasteiger partial charge in [0.15, 0.2) is 0 Å². The number of halogens is 1. The van der Waals surface area contributed by atoms with Gasteiger partial charge in [0.05, 0.1) is 12.0 Å². The van der Waals surface area contributed by atoms with Gasteiger partial charge in [0.2, 0.25) is 5.91 Å². The van der Waals surface area contributed by atoms with Gasteiger partial charge in [-0.2, -0.15) is 0 Å². The molecule has 3 heterocycles. The first-order valence-electron chi connectivity index (χ1n) is 8.85. The third kappa shape index (κ3) is 4.52. The predicted molar refractivity (Wildman–Crippen MR) is 93.1 cm³/mol. The van der Waals surface area contributed by atoms with Crippen molar-refractivity contribution in [1.82, 2.24) is 20.4 Å². The van der Waals surface area contributed by atoms with Crippen LogP contribution in [0.4, 0.5) is 4.79 Å². The summed E-state index contributed by atoms with van der Waals surface area (Å²) in [4.78, 5) is 28.6. The van der Waals surface area contributed by atoms with E-state index in [0.717, 1.165) is 51.9 Å². The van der Waals surface area contributed by atoms with E-state index in [0.29, 0.717) is 19.6 Å². The Balaban J connectivity index is 0.00000208. The van der Waals surface area contributed by atoms with Crippen molar-refractivity contribution in [2.45, 2.75) is 31.8 Å². The topological polar surface area (TPSA) is 84.9 Å². The number of hydrogen-bond donors (Lipinski definition) is 3. The predicted octanol–water partition coefficient (Wildman–Crippen LogP) is 0.0325. The minimum atomic E-state index is -0.380. The number of rotatable bonds is 3. The number of amides is 3. The highest BCUT2D eigenvalue weighted by Gasteiger charge is 2.32. The number of nitrogens with zero attached hydrogens (tertiary/aromatic N) is 2. The van der Waals surface area contributed by atoms with Crippen LogP contribution in [0.2, 0.25) is 0 Å². The zero-order valence-electron chi connectivity index (χ0n) is 14.1. The molecule has 0 aromatic carbocycles. The summed E-state index contributed by atoms with van der Waals surface area (Å²) < 4.78 is 0. The first kappa shape index (κ1) is 19.3. The lowest BCUT2D eigenvalue weighted by atomic mass is 9.97. The number of piperidine rings is 1. The second kappa shape index (κ2) is 8.87. The fourth-order valence-corrected chi connectivity index (χ4v) is 3.78. The van der Waals surface area contributed by atoms with E-state index in [4.69, 9.17) is 0 Å². The summed E-state index contributed by atoms with van der Waals surface area (Å²) in [6, 6.07) is 0.0930. The normalized spacial score (nSPS) is 30.1. The number of hydrogen-bond acceptors (Lipinski definition) is 4. The third-order valence-electron chi connectivity index (χ3n) is 5.28. The van der Waals surface area contributed by atoms with Crippen molar-refractivity contribution in [3.8, 4) is 0 Å². The highest BCUT2D eigenvalue weighted by atomic mass is 35.5. The summed E-state index contributed by atoms with van der Waals surface area (Å²) in [5.74, 6) is -0.0188. The van der Waals surface area contributed by atoms with Crippen molar-refractivity contribution in [1.29, 1.82) is 0 Å². The highest BCUT2D eigenvalue weighted by Crippen LogP contribution is 2.20. The molecule has 0 aromatic rings. The van der Waals surface area contributed by atoms with E-state index in [2.05, 4.69) is 10.6 Å². The van der Waals surface area contributed by atoms with Gasteiger partial charge in [0.25, 0.3) is 0 Å². The van der Waals surface area contributed by atoms with Gasteiger partial charge in [-0.05, 0) is 25.7 Å². The van der Waals surface area contributed by atoms with Gasteiger partial charge in [0, 0.05) is 51.7 Å². The maximum Gasteiger partial charge on any atom is 0.320 e. The van der Waals surface area contributed by atoms with Gasteiger partial charge in [-0.3, -0.25) is 4.79 Å². The van der Waals surface area contributed by atoms with Crippen LogP contribution in [0.25, 0.3) is 0 Å². The van der Waals surface area contributed by atoms with Crippen LogP contribution in [0.5, 0.6) is 0 Å². The van der Waals surface area contributed by atoms with Crippen molar-refractivity contribution in [2.24, 2.45) is 11.8 Å². The van der Waals surface area contributed by atoms with E-state index in [-0.39, 0.29) is 42.3 Å². The van der Waals surface area contributed by atoms with E-state index in [9.17, 15) is 14.7 Å². The lowest BCUT2D eigenvalue weighted by Crippen LogP contribution is -2.50. The van der Waals surface area contributed by atoms with Crippen molar-refractivity contribution >= 4 is 24.3 Å². The van der Waals surface area contributed by atoms with Crippen LogP contribution in [-0.4, -0.2) is 78.8 Å². The molecule has 3 atom stereocenters. The Morgan fingerprint density at radius 1 is 1.08 bits per heavy atom. The zero-order valence-corrected chi connectivity index (χ0v) is 14.9. The molecule has 0 radical (unpaired) electrons. The highest BCUT2D eigenvalue weighted by molar-refractivity contribution is 5.85. The average Bonchev–Trinajstić information content (AvgIpc) is 3.24. The lowest BCUT2D eigenvalue weighted by Gasteiger charge is -2.34. The Kier molecular flexibility index (Phi) is 7.13. The van der Waals surface area contributed by atoms with Gasteiger partial charge in [0.1, 0.15) is 0 Å². The molecule has 0 aliphatic carbocycles. The van der Waals surface area contributed by atoms with E-state index in [1.807, 2.05) is 9.80 Å². The molecule has 8 heteroatoms. The summed E-state index contributed by atoms with van der Waals surface area (Å²) in [5.41, 5.74) is 0. The van der Waals surface area contributed by atoms with E-state index in [1.165, 1.54) is 0 Å². The summed E-state index contributed by atoms with van der Waals surface area (Å²) in [6.07, 6.45) is 3.50. The molecule has 3 N–H and O–H groups in total. The molecule has 7 nitrogen and oxygen atoms in total. The van der Waals surface area contributed by atoms with Gasteiger partial charge in [-0.25, -0.2) is 4.79 Å². The summed E-state index contributed by atoms with van der Waals surface area (Å²) in [5, 5.41) is 15.9. The molecule has 0 saturated carbocycles. The van der Waals surface area contributed by atoms with Crippen LogP contribution in [0.3, 0.4) is 0 Å². The largest absolute Gasteiger partial charge is 0.391 e. The van der Waals surface area contributed by atoms with Crippen molar-refractivity contribution in [2.75, 3.05) is 45.8 Å². The molecule has 0 bridgehead atoms. The third-order valence-corrected chi connectivity index (χ3v) is 5.28. The Hall–Kier alpha value is -1.05. The molecular formula is C16H29ClN4O3. The number of aliphatic hydroxyl groups excluding tert-OH is 1. The average molecular weight is 361 g/mol. The number of carbonyl (C=O) groups is 2. The molecule has 3 amide bonds. The van der Waals surface area contributed by atoms with Gasteiger partial charge in [-0.15, -0.1) is 12.4 Å². The van der Waals surface area contributed by atoms with Crippen molar-refractivity contribution in [3.05, 3.63) is 0 Å².